The molecule has 90 valence electrons. The fourth-order valence-corrected chi connectivity index (χ4v) is 1.18. The molecule has 0 radical (unpaired) electrons. The molecule has 1 rings (SSSR count). The van der Waals surface area contributed by atoms with Gasteiger partial charge in [0.2, 0.25) is 0 Å². The van der Waals surface area contributed by atoms with Crippen molar-refractivity contribution in [1.82, 2.24) is 10.3 Å². The predicted molar refractivity (Wildman–Crippen MR) is 54.5 cm³/mol. The molecule has 4 nitrogen and oxygen atoms in total. The van der Waals surface area contributed by atoms with Gasteiger partial charge in [-0.3, -0.25) is 9.78 Å². The summed E-state index contributed by atoms with van der Waals surface area (Å²) in [6.07, 6.45) is -3.70. The SMILES string of the molecule is N#CC(NC(=O)C(F)(F)F)c1ccc(Br)cn1. The van der Waals surface area contributed by atoms with Gasteiger partial charge in [0, 0.05) is 10.7 Å². The zero-order valence-corrected chi connectivity index (χ0v) is 9.71. The highest BCUT2D eigenvalue weighted by Crippen LogP contribution is 2.18. The summed E-state index contributed by atoms with van der Waals surface area (Å²) >= 11 is 3.09. The normalized spacial score (nSPS) is 12.6. The van der Waals surface area contributed by atoms with E-state index >= 15 is 0 Å². The topological polar surface area (TPSA) is 65.8 Å². The van der Waals surface area contributed by atoms with Crippen LogP contribution in [-0.2, 0) is 4.79 Å². The van der Waals surface area contributed by atoms with Gasteiger partial charge in [-0.15, -0.1) is 0 Å². The van der Waals surface area contributed by atoms with E-state index < -0.39 is 18.1 Å². The van der Waals surface area contributed by atoms with E-state index in [1.165, 1.54) is 29.7 Å². The number of hydrogen-bond acceptors (Lipinski definition) is 3. The number of nitrogens with zero attached hydrogens (tertiary/aromatic N) is 2. The lowest BCUT2D eigenvalue weighted by Crippen LogP contribution is -2.38. The highest BCUT2D eigenvalue weighted by Gasteiger charge is 2.40. The number of nitriles is 1. The molecule has 1 heterocycles. The van der Waals surface area contributed by atoms with Crippen LogP contribution in [0, 0.1) is 11.3 Å². The van der Waals surface area contributed by atoms with E-state index in [0.29, 0.717) is 4.47 Å². The van der Waals surface area contributed by atoms with Gasteiger partial charge in [0.05, 0.1) is 11.8 Å². The second kappa shape index (κ2) is 5.14. The molecule has 0 saturated carbocycles. The first-order valence-corrected chi connectivity index (χ1v) is 5.02. The summed E-state index contributed by atoms with van der Waals surface area (Å²) in [4.78, 5) is 14.4. The number of nitrogens with one attached hydrogen (secondary N) is 1. The lowest BCUT2D eigenvalue weighted by molar-refractivity contribution is -0.174. The Labute approximate surface area is 103 Å². The van der Waals surface area contributed by atoms with Crippen molar-refractivity contribution in [2.75, 3.05) is 0 Å². The van der Waals surface area contributed by atoms with Crippen LogP contribution in [0.4, 0.5) is 13.2 Å². The zero-order chi connectivity index (χ0) is 13.1. The lowest BCUT2D eigenvalue weighted by Gasteiger charge is -2.12. The van der Waals surface area contributed by atoms with Crippen molar-refractivity contribution in [2.45, 2.75) is 12.2 Å². The summed E-state index contributed by atoms with van der Waals surface area (Å²) in [6, 6.07) is 2.95. The summed E-state index contributed by atoms with van der Waals surface area (Å²) in [5, 5.41) is 10.2. The third-order valence-electron chi connectivity index (χ3n) is 1.71. The predicted octanol–water partition coefficient (Wildman–Crippen LogP) is 2.09. The molecule has 1 aromatic rings. The number of carbonyl (C=O) groups excluding carboxylic acids is 1. The van der Waals surface area contributed by atoms with E-state index in [9.17, 15) is 18.0 Å². The standard InChI is InChI=1S/C9H5BrF3N3O/c10-5-1-2-6(15-4-5)7(3-14)16-8(17)9(11,12)13/h1-2,4,7H,(H,16,17). The summed E-state index contributed by atoms with van der Waals surface area (Å²) < 4.78 is 36.5. The number of hydrogen-bond donors (Lipinski definition) is 1. The minimum absolute atomic E-state index is 0.0355. The minimum Gasteiger partial charge on any atom is -0.327 e. The second-order valence-electron chi connectivity index (χ2n) is 2.93. The Kier molecular flexibility index (Phi) is 4.07. The summed E-state index contributed by atoms with van der Waals surface area (Å²) in [5.41, 5.74) is 0.0355. The molecule has 0 fully saturated rings. The molecule has 1 atom stereocenters. The van der Waals surface area contributed by atoms with Crippen LogP contribution >= 0.6 is 15.9 Å². The van der Waals surface area contributed by atoms with Crippen molar-refractivity contribution in [2.24, 2.45) is 0 Å². The molecule has 1 N–H and O–H groups in total. The largest absolute Gasteiger partial charge is 0.471 e. The fourth-order valence-electron chi connectivity index (χ4n) is 0.943. The maximum absolute atomic E-state index is 12.0. The van der Waals surface area contributed by atoms with E-state index in [1.807, 2.05) is 0 Å². The molecular weight excluding hydrogens is 303 g/mol. The van der Waals surface area contributed by atoms with Gasteiger partial charge in [0.25, 0.3) is 0 Å². The Morgan fingerprint density at radius 3 is 2.59 bits per heavy atom. The van der Waals surface area contributed by atoms with Gasteiger partial charge in [-0.2, -0.15) is 18.4 Å². The summed E-state index contributed by atoms with van der Waals surface area (Å²) in [6.45, 7) is 0. The molecule has 0 aliphatic heterocycles. The molecule has 17 heavy (non-hydrogen) atoms. The van der Waals surface area contributed by atoms with Gasteiger partial charge >= 0.3 is 12.1 Å². The van der Waals surface area contributed by atoms with E-state index in [-0.39, 0.29) is 5.69 Å². The Morgan fingerprint density at radius 2 is 2.18 bits per heavy atom. The zero-order valence-electron chi connectivity index (χ0n) is 8.12. The quantitative estimate of drug-likeness (QED) is 0.910. The van der Waals surface area contributed by atoms with Crippen LogP contribution in [0.5, 0.6) is 0 Å². The molecule has 0 bridgehead atoms. The number of halogens is 4. The van der Waals surface area contributed by atoms with Crippen molar-refractivity contribution in [3.05, 3.63) is 28.5 Å². The van der Waals surface area contributed by atoms with Crippen LogP contribution in [0.15, 0.2) is 22.8 Å². The average Bonchev–Trinajstić information content (AvgIpc) is 2.25. The van der Waals surface area contributed by atoms with Crippen LogP contribution in [0.25, 0.3) is 0 Å². The Bertz CT molecular complexity index is 452. The van der Waals surface area contributed by atoms with E-state index in [4.69, 9.17) is 5.26 Å². The maximum Gasteiger partial charge on any atom is 0.471 e. The Morgan fingerprint density at radius 1 is 1.53 bits per heavy atom. The third kappa shape index (κ3) is 3.71. The molecule has 1 amide bonds. The van der Waals surface area contributed by atoms with Crippen LogP contribution < -0.4 is 5.32 Å². The number of carbonyl (C=O) groups is 1. The number of alkyl halides is 3. The first-order chi connectivity index (χ1) is 7.84. The molecule has 0 saturated heterocycles. The summed E-state index contributed by atoms with van der Waals surface area (Å²) in [7, 11) is 0. The fraction of sp³-hybridized carbons (Fsp3) is 0.222. The van der Waals surface area contributed by atoms with Crippen molar-refractivity contribution in [3.63, 3.8) is 0 Å². The van der Waals surface area contributed by atoms with E-state index in [2.05, 4.69) is 20.9 Å². The van der Waals surface area contributed by atoms with Gasteiger partial charge in [-0.1, -0.05) is 0 Å². The molecule has 8 heteroatoms. The monoisotopic (exact) mass is 307 g/mol. The maximum atomic E-state index is 12.0. The highest BCUT2D eigenvalue weighted by atomic mass is 79.9. The molecule has 0 aliphatic rings. The Balaban J connectivity index is 2.84. The molecule has 0 aliphatic carbocycles. The second-order valence-corrected chi connectivity index (χ2v) is 3.85. The van der Waals surface area contributed by atoms with Crippen molar-refractivity contribution in [3.8, 4) is 6.07 Å². The smallest absolute Gasteiger partial charge is 0.327 e. The van der Waals surface area contributed by atoms with Crippen molar-refractivity contribution < 1.29 is 18.0 Å². The first kappa shape index (κ1) is 13.4. The Hall–Kier alpha value is -1.62. The molecule has 1 unspecified atom stereocenters. The molecule has 0 spiro atoms. The first-order valence-electron chi connectivity index (χ1n) is 4.23. The van der Waals surface area contributed by atoms with Crippen molar-refractivity contribution in [1.29, 1.82) is 5.26 Å². The van der Waals surface area contributed by atoms with Gasteiger partial charge in [-0.05, 0) is 28.1 Å². The van der Waals surface area contributed by atoms with Crippen molar-refractivity contribution >= 4 is 21.8 Å². The van der Waals surface area contributed by atoms with Gasteiger partial charge in [0.15, 0.2) is 6.04 Å². The average molecular weight is 308 g/mol. The number of rotatable bonds is 2. The molecule has 0 aromatic carbocycles. The lowest BCUT2D eigenvalue weighted by atomic mass is 10.2. The van der Waals surface area contributed by atoms with Crippen LogP contribution in [0.1, 0.15) is 11.7 Å². The summed E-state index contributed by atoms with van der Waals surface area (Å²) in [5.74, 6) is -2.17. The minimum atomic E-state index is -5.02. The van der Waals surface area contributed by atoms with Gasteiger partial charge in [-0.25, -0.2) is 0 Å². The third-order valence-corrected chi connectivity index (χ3v) is 2.18. The molecular formula is C9H5BrF3N3O. The van der Waals surface area contributed by atoms with Crippen LogP contribution in [0.3, 0.4) is 0 Å². The number of aromatic nitrogens is 1. The van der Waals surface area contributed by atoms with E-state index in [0.717, 1.165) is 0 Å². The highest BCUT2D eigenvalue weighted by molar-refractivity contribution is 9.10. The van der Waals surface area contributed by atoms with Crippen LogP contribution in [-0.4, -0.2) is 17.1 Å². The number of pyridine rings is 1. The van der Waals surface area contributed by atoms with Crippen LogP contribution in [0.2, 0.25) is 0 Å². The van der Waals surface area contributed by atoms with Gasteiger partial charge in [0.1, 0.15) is 0 Å². The van der Waals surface area contributed by atoms with E-state index in [1.54, 1.807) is 0 Å². The molecule has 1 aromatic heterocycles. The van der Waals surface area contributed by atoms with Gasteiger partial charge < -0.3 is 5.32 Å². The number of amides is 1.